The fourth-order valence-corrected chi connectivity index (χ4v) is 4.35. The highest BCUT2D eigenvalue weighted by Gasteiger charge is 2.14. The Balaban J connectivity index is 1.58. The van der Waals surface area contributed by atoms with E-state index in [-0.39, 0.29) is 11.4 Å². The number of halogens is 2. The van der Waals surface area contributed by atoms with Gasteiger partial charge in [0.15, 0.2) is 5.16 Å². The van der Waals surface area contributed by atoms with Gasteiger partial charge in [-0.2, -0.15) is 0 Å². The zero-order chi connectivity index (χ0) is 22.3. The van der Waals surface area contributed by atoms with Crippen LogP contribution in [0, 0.1) is 5.82 Å². The van der Waals surface area contributed by atoms with Gasteiger partial charge >= 0.3 is 0 Å². The molecule has 0 unspecified atom stereocenters. The molecule has 0 aliphatic rings. The fourth-order valence-electron chi connectivity index (χ4n) is 3.25. The first-order valence-electron chi connectivity index (χ1n) is 10.0. The second kappa shape index (κ2) is 10.7. The first-order chi connectivity index (χ1) is 15.6. The largest absolute Gasteiger partial charge is 0.301 e. The van der Waals surface area contributed by atoms with Crippen molar-refractivity contribution < 1.29 is 4.39 Å². The number of thioether (sulfide) groups is 1. The highest BCUT2D eigenvalue weighted by molar-refractivity contribution is 9.10. The average Bonchev–Trinajstić information content (AvgIpc) is 2.81. The van der Waals surface area contributed by atoms with Crippen LogP contribution in [0.1, 0.15) is 27.9 Å². The van der Waals surface area contributed by atoms with Gasteiger partial charge in [-0.15, -0.1) is 0 Å². The van der Waals surface area contributed by atoms with E-state index in [0.29, 0.717) is 29.3 Å². The Bertz CT molecular complexity index is 1230. The minimum absolute atomic E-state index is 0.156. The van der Waals surface area contributed by atoms with E-state index >= 15 is 0 Å². The molecule has 8 heteroatoms. The summed E-state index contributed by atoms with van der Waals surface area (Å²) in [4.78, 5) is 28.7. The first-order valence-corrected chi connectivity index (χ1v) is 11.8. The second-order valence-corrected chi connectivity index (χ2v) is 9.14. The Morgan fingerprint density at radius 1 is 0.906 bits per heavy atom. The minimum Gasteiger partial charge on any atom is -0.301 e. The summed E-state index contributed by atoms with van der Waals surface area (Å²) < 4.78 is 14.2. The van der Waals surface area contributed by atoms with Crippen molar-refractivity contribution in [1.29, 1.82) is 0 Å². The summed E-state index contributed by atoms with van der Waals surface area (Å²) in [5.74, 6) is 0.316. The van der Waals surface area contributed by atoms with E-state index in [9.17, 15) is 9.18 Å². The predicted molar refractivity (Wildman–Crippen MR) is 127 cm³/mol. The SMILES string of the molecule is O=c1[nH]c(SCc2ccc(F)cc2)nc(CCc2ccc(Br)cc2)c1Cc1cncnc1. The van der Waals surface area contributed by atoms with E-state index in [1.807, 2.05) is 12.1 Å². The van der Waals surface area contributed by atoms with Crippen molar-refractivity contribution in [3.63, 3.8) is 0 Å². The van der Waals surface area contributed by atoms with Gasteiger partial charge < -0.3 is 4.98 Å². The van der Waals surface area contributed by atoms with E-state index in [1.54, 1.807) is 24.5 Å². The van der Waals surface area contributed by atoms with E-state index in [1.165, 1.54) is 35.8 Å². The van der Waals surface area contributed by atoms with Crippen LogP contribution in [-0.4, -0.2) is 19.9 Å². The van der Waals surface area contributed by atoms with Gasteiger partial charge in [-0.05, 0) is 53.8 Å². The Labute approximate surface area is 197 Å². The molecule has 0 radical (unpaired) electrons. The number of aromatic amines is 1. The van der Waals surface area contributed by atoms with Crippen LogP contribution in [0.3, 0.4) is 0 Å². The van der Waals surface area contributed by atoms with Crippen LogP contribution in [0.2, 0.25) is 0 Å². The molecule has 2 aromatic carbocycles. The van der Waals surface area contributed by atoms with Gasteiger partial charge in [-0.25, -0.2) is 19.3 Å². The van der Waals surface area contributed by atoms with Crippen molar-refractivity contribution >= 4 is 27.7 Å². The molecule has 0 aliphatic heterocycles. The Hall–Kier alpha value is -2.84. The highest BCUT2D eigenvalue weighted by atomic mass is 79.9. The van der Waals surface area contributed by atoms with E-state index < -0.39 is 0 Å². The molecule has 0 atom stereocenters. The summed E-state index contributed by atoms with van der Waals surface area (Å²) in [5.41, 5.74) is 4.23. The number of hydrogen-bond donors (Lipinski definition) is 1. The lowest BCUT2D eigenvalue weighted by Gasteiger charge is -2.11. The van der Waals surface area contributed by atoms with Crippen molar-refractivity contribution in [3.05, 3.63) is 116 Å². The van der Waals surface area contributed by atoms with Crippen LogP contribution < -0.4 is 5.56 Å². The number of benzene rings is 2. The zero-order valence-electron chi connectivity index (χ0n) is 17.1. The monoisotopic (exact) mass is 510 g/mol. The number of aryl methyl sites for hydroxylation is 2. The average molecular weight is 511 g/mol. The molecule has 0 spiro atoms. The molecule has 5 nitrogen and oxygen atoms in total. The lowest BCUT2D eigenvalue weighted by Crippen LogP contribution is -2.20. The molecule has 0 saturated carbocycles. The summed E-state index contributed by atoms with van der Waals surface area (Å²) in [6.45, 7) is 0. The number of hydrogen-bond acceptors (Lipinski definition) is 5. The molecule has 0 saturated heterocycles. The summed E-state index contributed by atoms with van der Waals surface area (Å²) in [6.07, 6.45) is 6.71. The molecule has 0 aliphatic carbocycles. The van der Waals surface area contributed by atoms with Crippen LogP contribution in [-0.2, 0) is 25.0 Å². The molecule has 1 N–H and O–H groups in total. The number of nitrogens with one attached hydrogen (secondary N) is 1. The molecule has 4 rings (SSSR count). The van der Waals surface area contributed by atoms with Gasteiger partial charge in [0.05, 0.1) is 5.69 Å². The summed E-state index contributed by atoms with van der Waals surface area (Å²) in [6, 6.07) is 14.5. The maximum atomic E-state index is 13.1. The van der Waals surface area contributed by atoms with Crippen molar-refractivity contribution in [2.45, 2.75) is 30.2 Å². The fraction of sp³-hybridized carbons (Fsp3) is 0.167. The van der Waals surface area contributed by atoms with Crippen LogP contribution in [0.4, 0.5) is 4.39 Å². The molecule has 4 aromatic rings. The van der Waals surface area contributed by atoms with Crippen molar-refractivity contribution in [3.8, 4) is 0 Å². The standard InChI is InChI=1S/C24H20BrFN4OS/c25-19-6-1-16(2-7-19)5-10-22-21(11-18-12-27-15-28-13-18)23(31)30-24(29-22)32-14-17-3-8-20(26)9-4-17/h1-4,6-9,12-13,15H,5,10-11,14H2,(H,29,30,31). The molecule has 162 valence electrons. The van der Waals surface area contributed by atoms with E-state index in [4.69, 9.17) is 4.98 Å². The summed E-state index contributed by atoms with van der Waals surface area (Å²) in [5, 5.41) is 0.554. The van der Waals surface area contributed by atoms with Gasteiger partial charge in [0.25, 0.3) is 5.56 Å². The van der Waals surface area contributed by atoms with Gasteiger partial charge in [-0.1, -0.05) is 52.0 Å². The summed E-state index contributed by atoms with van der Waals surface area (Å²) in [7, 11) is 0. The van der Waals surface area contributed by atoms with E-state index in [0.717, 1.165) is 27.7 Å². The van der Waals surface area contributed by atoms with Gasteiger partial charge in [0, 0.05) is 34.6 Å². The molecule has 2 aromatic heterocycles. The smallest absolute Gasteiger partial charge is 0.255 e. The molecule has 0 bridgehead atoms. The van der Waals surface area contributed by atoms with Gasteiger partial charge in [-0.3, -0.25) is 4.79 Å². The second-order valence-electron chi connectivity index (χ2n) is 7.26. The maximum absolute atomic E-state index is 13.1. The molecule has 0 amide bonds. The topological polar surface area (TPSA) is 71.5 Å². The molecule has 32 heavy (non-hydrogen) atoms. The lowest BCUT2D eigenvalue weighted by atomic mass is 10.0. The Kier molecular flexibility index (Phi) is 7.44. The molecular weight excluding hydrogens is 491 g/mol. The van der Waals surface area contributed by atoms with Crippen molar-refractivity contribution in [2.75, 3.05) is 0 Å². The number of nitrogens with zero attached hydrogens (tertiary/aromatic N) is 3. The van der Waals surface area contributed by atoms with Crippen LogP contribution in [0.15, 0.2) is 81.7 Å². The highest BCUT2D eigenvalue weighted by Crippen LogP contribution is 2.21. The Morgan fingerprint density at radius 3 is 2.31 bits per heavy atom. The third-order valence-corrected chi connectivity index (χ3v) is 6.40. The number of aromatic nitrogens is 4. The van der Waals surface area contributed by atoms with Crippen LogP contribution >= 0.6 is 27.7 Å². The first kappa shape index (κ1) is 22.4. The van der Waals surface area contributed by atoms with E-state index in [2.05, 4.69) is 43.0 Å². The molecular formula is C24H20BrFN4OS. The van der Waals surface area contributed by atoms with Crippen molar-refractivity contribution in [2.24, 2.45) is 0 Å². The lowest BCUT2D eigenvalue weighted by molar-refractivity contribution is 0.627. The zero-order valence-corrected chi connectivity index (χ0v) is 19.5. The molecule has 2 heterocycles. The third-order valence-electron chi connectivity index (χ3n) is 4.93. The molecule has 0 fully saturated rings. The van der Waals surface area contributed by atoms with Crippen LogP contribution in [0.5, 0.6) is 0 Å². The number of H-pyrrole nitrogens is 1. The predicted octanol–water partition coefficient (Wildman–Crippen LogP) is 5.13. The quantitative estimate of drug-likeness (QED) is 0.262. The third kappa shape index (κ3) is 6.11. The summed E-state index contributed by atoms with van der Waals surface area (Å²) >= 11 is 4.88. The van der Waals surface area contributed by atoms with Crippen LogP contribution in [0.25, 0.3) is 0 Å². The minimum atomic E-state index is -0.269. The Morgan fingerprint density at radius 2 is 1.59 bits per heavy atom. The van der Waals surface area contributed by atoms with Gasteiger partial charge in [0.1, 0.15) is 12.1 Å². The maximum Gasteiger partial charge on any atom is 0.255 e. The van der Waals surface area contributed by atoms with Crippen molar-refractivity contribution in [1.82, 2.24) is 19.9 Å². The number of rotatable bonds is 8. The normalized spacial score (nSPS) is 10.9. The van der Waals surface area contributed by atoms with Gasteiger partial charge in [0.2, 0.25) is 0 Å².